The van der Waals surface area contributed by atoms with E-state index in [4.69, 9.17) is 17.3 Å². The van der Waals surface area contributed by atoms with E-state index in [1.54, 1.807) is 13.0 Å². The molecule has 0 radical (unpaired) electrons. The zero-order chi connectivity index (χ0) is 15.8. The molecule has 2 rings (SSSR count). The smallest absolute Gasteiger partial charge is 0.240 e. The molecule has 7 heteroatoms. The first-order chi connectivity index (χ1) is 9.70. The summed E-state index contributed by atoms with van der Waals surface area (Å²) in [6, 6.07) is 2.92. The van der Waals surface area contributed by atoms with E-state index in [0.717, 1.165) is 19.5 Å². The minimum Gasteiger partial charge on any atom is -0.397 e. The molecule has 2 atom stereocenters. The van der Waals surface area contributed by atoms with Crippen LogP contribution in [-0.4, -0.2) is 39.5 Å². The van der Waals surface area contributed by atoms with Gasteiger partial charge >= 0.3 is 0 Å². The van der Waals surface area contributed by atoms with Crippen molar-refractivity contribution in [3.8, 4) is 0 Å². The van der Waals surface area contributed by atoms with E-state index in [2.05, 4.69) is 16.5 Å². The van der Waals surface area contributed by atoms with Gasteiger partial charge in [-0.3, -0.25) is 0 Å². The second-order valence-electron chi connectivity index (χ2n) is 5.90. The Bertz CT molecular complexity index is 610. The van der Waals surface area contributed by atoms with E-state index in [1.807, 2.05) is 7.05 Å². The summed E-state index contributed by atoms with van der Waals surface area (Å²) < 4.78 is 27.8. The maximum atomic E-state index is 12.5. The highest BCUT2D eigenvalue weighted by molar-refractivity contribution is 7.89. The van der Waals surface area contributed by atoms with Crippen LogP contribution in [0.25, 0.3) is 0 Å². The first-order valence-corrected chi connectivity index (χ1v) is 8.83. The topological polar surface area (TPSA) is 75.4 Å². The van der Waals surface area contributed by atoms with Gasteiger partial charge in [0.25, 0.3) is 0 Å². The first kappa shape index (κ1) is 16.5. The molecule has 2 unspecified atom stereocenters. The highest BCUT2D eigenvalue weighted by Gasteiger charge is 2.29. The van der Waals surface area contributed by atoms with E-state index in [0.29, 0.717) is 10.6 Å². The van der Waals surface area contributed by atoms with Crippen molar-refractivity contribution in [3.63, 3.8) is 0 Å². The maximum absolute atomic E-state index is 12.5. The van der Waals surface area contributed by atoms with Crippen molar-refractivity contribution in [3.05, 3.63) is 22.7 Å². The van der Waals surface area contributed by atoms with Gasteiger partial charge in [0.2, 0.25) is 10.0 Å². The molecule has 1 aliphatic heterocycles. The first-order valence-electron chi connectivity index (χ1n) is 6.97. The molecule has 0 saturated carbocycles. The van der Waals surface area contributed by atoms with Gasteiger partial charge < -0.3 is 10.6 Å². The van der Waals surface area contributed by atoms with Crippen LogP contribution in [-0.2, 0) is 10.0 Å². The van der Waals surface area contributed by atoms with Crippen molar-refractivity contribution < 1.29 is 8.42 Å². The lowest BCUT2D eigenvalue weighted by Crippen LogP contribution is -2.48. The quantitative estimate of drug-likeness (QED) is 0.829. The summed E-state index contributed by atoms with van der Waals surface area (Å²) in [6.45, 7) is 5.58. The fraction of sp³-hybridized carbons (Fsp3) is 0.571. The van der Waals surface area contributed by atoms with Crippen LogP contribution in [0.4, 0.5) is 5.69 Å². The second-order valence-corrected chi connectivity index (χ2v) is 7.99. The van der Waals surface area contributed by atoms with Crippen molar-refractivity contribution in [2.75, 3.05) is 25.9 Å². The summed E-state index contributed by atoms with van der Waals surface area (Å²) >= 11 is 5.99. The Kier molecular flexibility index (Phi) is 4.82. The second kappa shape index (κ2) is 6.12. The van der Waals surface area contributed by atoms with Crippen LogP contribution >= 0.6 is 11.6 Å². The van der Waals surface area contributed by atoms with Gasteiger partial charge in [0.05, 0.1) is 15.6 Å². The van der Waals surface area contributed by atoms with Crippen molar-refractivity contribution in [1.82, 2.24) is 9.62 Å². The Labute approximate surface area is 131 Å². The third-order valence-electron chi connectivity index (χ3n) is 3.98. The summed E-state index contributed by atoms with van der Waals surface area (Å²) in [5, 5.41) is 0.404. The molecule has 0 spiro atoms. The number of aryl methyl sites for hydroxylation is 1. The summed E-state index contributed by atoms with van der Waals surface area (Å²) in [7, 11) is -1.53. The minimum atomic E-state index is -3.58. The fourth-order valence-electron chi connectivity index (χ4n) is 2.71. The zero-order valence-corrected chi connectivity index (χ0v) is 14.1. The van der Waals surface area contributed by atoms with Gasteiger partial charge in [-0.05, 0) is 50.6 Å². The third kappa shape index (κ3) is 3.69. The number of hydrogen-bond acceptors (Lipinski definition) is 4. The van der Waals surface area contributed by atoms with Gasteiger partial charge in [0.1, 0.15) is 0 Å². The molecule has 0 amide bonds. The number of sulfonamides is 1. The van der Waals surface area contributed by atoms with Crippen molar-refractivity contribution in [1.29, 1.82) is 0 Å². The third-order valence-corrected chi connectivity index (χ3v) is 5.97. The monoisotopic (exact) mass is 331 g/mol. The summed E-state index contributed by atoms with van der Waals surface area (Å²) in [5.41, 5.74) is 6.71. The Morgan fingerprint density at radius 3 is 2.67 bits per heavy atom. The number of rotatable bonds is 3. The molecule has 1 heterocycles. The SMILES string of the molecule is Cc1cc(S(=O)(=O)NC2CCN(C)CC2C)cc(N)c1Cl. The largest absolute Gasteiger partial charge is 0.397 e. The van der Waals surface area contributed by atoms with Crippen LogP contribution in [0.1, 0.15) is 18.9 Å². The molecule has 1 aliphatic rings. The van der Waals surface area contributed by atoms with Crippen molar-refractivity contribution >= 4 is 27.3 Å². The van der Waals surface area contributed by atoms with Crippen molar-refractivity contribution in [2.45, 2.75) is 31.2 Å². The minimum absolute atomic E-state index is 0.0524. The van der Waals surface area contributed by atoms with Crippen LogP contribution < -0.4 is 10.5 Å². The van der Waals surface area contributed by atoms with Crippen LogP contribution in [0, 0.1) is 12.8 Å². The average molecular weight is 332 g/mol. The predicted molar refractivity (Wildman–Crippen MR) is 86.0 cm³/mol. The van der Waals surface area contributed by atoms with E-state index < -0.39 is 10.0 Å². The van der Waals surface area contributed by atoms with Gasteiger partial charge in [0, 0.05) is 12.6 Å². The van der Waals surface area contributed by atoms with Gasteiger partial charge in [-0.25, -0.2) is 13.1 Å². The normalized spacial score (nSPS) is 24.2. The number of nitrogens with zero attached hydrogens (tertiary/aromatic N) is 1. The molecular formula is C14H22ClN3O2S. The Balaban J connectivity index is 2.23. The van der Waals surface area contributed by atoms with Gasteiger partial charge in [-0.2, -0.15) is 0 Å². The Hall–Kier alpha value is -0.820. The number of nitrogens with one attached hydrogen (secondary N) is 1. The number of hydrogen-bond donors (Lipinski definition) is 2. The Morgan fingerprint density at radius 1 is 1.43 bits per heavy atom. The van der Waals surface area contributed by atoms with Gasteiger partial charge in [-0.1, -0.05) is 18.5 Å². The Morgan fingerprint density at radius 2 is 2.10 bits per heavy atom. The molecule has 21 heavy (non-hydrogen) atoms. The standard InChI is InChI=1S/C14H22ClN3O2S/c1-9-6-11(7-12(16)14(9)15)21(19,20)17-13-4-5-18(3)8-10(13)2/h6-7,10,13,17H,4-5,8,16H2,1-3H3. The number of halogens is 1. The number of likely N-dealkylation sites (tertiary alicyclic amines) is 1. The van der Waals surface area contributed by atoms with Gasteiger partial charge in [0.15, 0.2) is 0 Å². The maximum Gasteiger partial charge on any atom is 0.240 e. The van der Waals surface area contributed by atoms with E-state index in [-0.39, 0.29) is 22.5 Å². The van der Waals surface area contributed by atoms with Crippen LogP contribution in [0.5, 0.6) is 0 Å². The predicted octanol–water partition coefficient (Wildman–Crippen LogP) is 1.85. The number of anilines is 1. The van der Waals surface area contributed by atoms with Gasteiger partial charge in [-0.15, -0.1) is 0 Å². The molecular weight excluding hydrogens is 310 g/mol. The molecule has 0 bridgehead atoms. The number of nitrogen functional groups attached to an aromatic ring is 1. The van der Waals surface area contributed by atoms with E-state index in [9.17, 15) is 8.42 Å². The van der Waals surface area contributed by atoms with E-state index in [1.165, 1.54) is 6.07 Å². The highest BCUT2D eigenvalue weighted by atomic mass is 35.5. The van der Waals surface area contributed by atoms with Crippen LogP contribution in [0.2, 0.25) is 5.02 Å². The number of benzene rings is 1. The zero-order valence-electron chi connectivity index (χ0n) is 12.6. The lowest BCUT2D eigenvalue weighted by Gasteiger charge is -2.35. The molecule has 0 aromatic heterocycles. The molecule has 5 nitrogen and oxygen atoms in total. The van der Waals surface area contributed by atoms with E-state index >= 15 is 0 Å². The number of nitrogens with two attached hydrogens (primary N) is 1. The van der Waals surface area contributed by atoms with Crippen LogP contribution in [0.15, 0.2) is 17.0 Å². The molecule has 0 aliphatic carbocycles. The fourth-order valence-corrected chi connectivity index (χ4v) is 4.32. The lowest BCUT2D eigenvalue weighted by atomic mass is 9.95. The molecule has 1 aromatic carbocycles. The number of piperidine rings is 1. The van der Waals surface area contributed by atoms with Crippen molar-refractivity contribution in [2.24, 2.45) is 5.92 Å². The average Bonchev–Trinajstić information content (AvgIpc) is 2.38. The van der Waals surface area contributed by atoms with Crippen LogP contribution in [0.3, 0.4) is 0 Å². The molecule has 118 valence electrons. The summed E-state index contributed by atoms with van der Waals surface area (Å²) in [4.78, 5) is 2.38. The lowest BCUT2D eigenvalue weighted by molar-refractivity contribution is 0.188. The highest BCUT2D eigenvalue weighted by Crippen LogP contribution is 2.27. The summed E-state index contributed by atoms with van der Waals surface area (Å²) in [6.07, 6.45) is 0.805. The molecule has 1 fully saturated rings. The summed E-state index contributed by atoms with van der Waals surface area (Å²) in [5.74, 6) is 0.268. The molecule has 3 N–H and O–H groups in total. The molecule has 1 aromatic rings. The molecule has 1 saturated heterocycles.